The molecule has 0 amide bonds. The van der Waals surface area contributed by atoms with Crippen LogP contribution in [0.1, 0.15) is 11.7 Å². The molecule has 0 saturated heterocycles. The van der Waals surface area contributed by atoms with Gasteiger partial charge in [0.25, 0.3) is 0 Å². The molecule has 0 radical (unpaired) electrons. The minimum Gasteiger partial charge on any atom is -0.338 e. The number of aryl methyl sites for hydroxylation is 1. The lowest BCUT2D eigenvalue weighted by molar-refractivity contribution is 0.391. The minimum absolute atomic E-state index is 0.562. The van der Waals surface area contributed by atoms with Crippen molar-refractivity contribution in [3.05, 3.63) is 41.2 Å². The quantitative estimate of drug-likeness (QED) is 0.513. The van der Waals surface area contributed by atoms with E-state index >= 15 is 0 Å². The van der Waals surface area contributed by atoms with E-state index in [4.69, 9.17) is 4.52 Å². The maximum absolute atomic E-state index is 5.26. The zero-order valence-electron chi connectivity index (χ0n) is 11.4. The summed E-state index contributed by atoms with van der Waals surface area (Å²) >= 11 is 3.13. The Morgan fingerprint density at radius 1 is 1.48 bits per heavy atom. The summed E-state index contributed by atoms with van der Waals surface area (Å²) in [5, 5.41) is 17.0. The van der Waals surface area contributed by atoms with Crippen LogP contribution in [0.15, 0.2) is 39.2 Å². The van der Waals surface area contributed by atoms with Crippen LogP contribution in [0.2, 0.25) is 0 Å². The number of hydrogen-bond acceptors (Lipinski definition) is 7. The third kappa shape index (κ3) is 3.06. The van der Waals surface area contributed by atoms with E-state index < -0.39 is 0 Å². The van der Waals surface area contributed by atoms with Crippen molar-refractivity contribution in [2.24, 2.45) is 0 Å². The van der Waals surface area contributed by atoms with E-state index in [1.54, 1.807) is 11.3 Å². The largest absolute Gasteiger partial charge is 0.338 e. The molecule has 108 valence electrons. The Balaban J connectivity index is 1.69. The molecule has 0 aliphatic heterocycles. The third-order valence-corrected chi connectivity index (χ3v) is 4.42. The molecule has 0 aliphatic rings. The summed E-state index contributed by atoms with van der Waals surface area (Å²) in [7, 11) is 0. The van der Waals surface area contributed by atoms with E-state index in [2.05, 4.69) is 26.9 Å². The molecule has 8 heteroatoms. The lowest BCUT2D eigenvalue weighted by Gasteiger charge is -2.03. The Labute approximate surface area is 129 Å². The molecular formula is C13H13N5OS2. The first kappa shape index (κ1) is 14.0. The molecule has 3 heterocycles. The summed E-state index contributed by atoms with van der Waals surface area (Å²) in [6.07, 6.45) is 1.82. The van der Waals surface area contributed by atoms with Gasteiger partial charge in [-0.05, 0) is 18.4 Å². The second-order valence-electron chi connectivity index (χ2n) is 4.24. The predicted molar refractivity (Wildman–Crippen MR) is 82.1 cm³/mol. The Bertz CT molecular complexity index is 732. The molecule has 0 atom stereocenters. The van der Waals surface area contributed by atoms with Gasteiger partial charge in [0.1, 0.15) is 5.82 Å². The Kier molecular flexibility index (Phi) is 4.16. The monoisotopic (exact) mass is 319 g/mol. The van der Waals surface area contributed by atoms with Gasteiger partial charge in [0.05, 0.1) is 5.75 Å². The second kappa shape index (κ2) is 6.23. The van der Waals surface area contributed by atoms with E-state index in [1.807, 2.05) is 34.4 Å². The van der Waals surface area contributed by atoms with Crippen LogP contribution in [-0.4, -0.2) is 24.9 Å². The molecule has 0 aliphatic carbocycles. The third-order valence-electron chi connectivity index (χ3n) is 2.79. The highest BCUT2D eigenvalue weighted by Crippen LogP contribution is 2.23. The highest BCUT2D eigenvalue weighted by molar-refractivity contribution is 7.98. The molecule has 3 aromatic rings. The van der Waals surface area contributed by atoms with Crippen LogP contribution in [0.25, 0.3) is 11.4 Å². The number of thioether (sulfide) groups is 1. The van der Waals surface area contributed by atoms with Crippen LogP contribution in [0.5, 0.6) is 0 Å². The Hall–Kier alpha value is -1.93. The second-order valence-corrected chi connectivity index (χ2v) is 5.96. The van der Waals surface area contributed by atoms with Gasteiger partial charge >= 0.3 is 0 Å². The topological polar surface area (TPSA) is 69.6 Å². The SMILES string of the molecule is C=CCn1c(C)nnc1SCc1nc(-c2ccsc2)no1. The van der Waals surface area contributed by atoms with E-state index in [0.717, 1.165) is 16.5 Å². The van der Waals surface area contributed by atoms with Gasteiger partial charge in [-0.15, -0.1) is 16.8 Å². The van der Waals surface area contributed by atoms with Gasteiger partial charge in [0.15, 0.2) is 5.16 Å². The molecule has 21 heavy (non-hydrogen) atoms. The molecule has 0 spiro atoms. The molecule has 3 aromatic heterocycles. The van der Waals surface area contributed by atoms with Gasteiger partial charge in [0.2, 0.25) is 11.7 Å². The molecule has 6 nitrogen and oxygen atoms in total. The van der Waals surface area contributed by atoms with Crippen molar-refractivity contribution in [3.63, 3.8) is 0 Å². The highest BCUT2D eigenvalue weighted by atomic mass is 32.2. The summed E-state index contributed by atoms with van der Waals surface area (Å²) in [5.74, 6) is 2.62. The predicted octanol–water partition coefficient (Wildman–Crippen LogP) is 3.18. The first-order valence-electron chi connectivity index (χ1n) is 6.26. The fourth-order valence-electron chi connectivity index (χ4n) is 1.76. The van der Waals surface area contributed by atoms with Gasteiger partial charge in [-0.1, -0.05) is 23.0 Å². The van der Waals surface area contributed by atoms with Crippen LogP contribution < -0.4 is 0 Å². The molecule has 0 saturated carbocycles. The maximum Gasteiger partial charge on any atom is 0.237 e. The molecule has 3 rings (SSSR count). The number of thiophene rings is 1. The van der Waals surface area contributed by atoms with Crippen LogP contribution in [0.3, 0.4) is 0 Å². The first-order valence-corrected chi connectivity index (χ1v) is 8.19. The maximum atomic E-state index is 5.26. The average Bonchev–Trinajstić information content (AvgIpc) is 3.19. The number of aromatic nitrogens is 5. The number of allylic oxidation sites excluding steroid dienone is 1. The molecule has 0 N–H and O–H groups in total. The summed E-state index contributed by atoms with van der Waals surface area (Å²) < 4.78 is 7.26. The highest BCUT2D eigenvalue weighted by Gasteiger charge is 2.12. The van der Waals surface area contributed by atoms with Crippen LogP contribution in [0, 0.1) is 6.92 Å². The van der Waals surface area contributed by atoms with E-state index in [0.29, 0.717) is 24.0 Å². The average molecular weight is 319 g/mol. The van der Waals surface area contributed by atoms with Crippen molar-refractivity contribution in [2.75, 3.05) is 0 Å². The van der Waals surface area contributed by atoms with Gasteiger partial charge < -0.3 is 9.09 Å². The fourth-order valence-corrected chi connectivity index (χ4v) is 3.22. The number of hydrogen-bond donors (Lipinski definition) is 0. The zero-order valence-corrected chi connectivity index (χ0v) is 13.0. The van der Waals surface area contributed by atoms with Crippen LogP contribution in [0.4, 0.5) is 0 Å². The molecule has 0 unspecified atom stereocenters. The van der Waals surface area contributed by atoms with Crippen molar-refractivity contribution < 1.29 is 4.52 Å². The van der Waals surface area contributed by atoms with E-state index in [-0.39, 0.29) is 0 Å². The molecule has 0 aromatic carbocycles. The fraction of sp³-hybridized carbons (Fsp3) is 0.231. The summed E-state index contributed by atoms with van der Waals surface area (Å²) in [4.78, 5) is 4.38. The van der Waals surface area contributed by atoms with Crippen LogP contribution >= 0.6 is 23.1 Å². The van der Waals surface area contributed by atoms with Gasteiger partial charge in [-0.25, -0.2) is 0 Å². The summed E-state index contributed by atoms with van der Waals surface area (Å²) in [5.41, 5.74) is 0.977. The van der Waals surface area contributed by atoms with Crippen molar-refractivity contribution in [3.8, 4) is 11.4 Å². The normalized spacial score (nSPS) is 10.9. The Morgan fingerprint density at radius 2 is 2.38 bits per heavy atom. The minimum atomic E-state index is 0.562. The Morgan fingerprint density at radius 3 is 3.14 bits per heavy atom. The molecule has 0 bridgehead atoms. The molecule has 0 fully saturated rings. The van der Waals surface area contributed by atoms with E-state index in [1.165, 1.54) is 11.8 Å². The first-order chi connectivity index (χ1) is 10.3. The summed E-state index contributed by atoms with van der Waals surface area (Å²) in [6, 6.07) is 1.97. The van der Waals surface area contributed by atoms with Gasteiger partial charge in [-0.3, -0.25) is 0 Å². The lowest BCUT2D eigenvalue weighted by atomic mass is 10.3. The number of rotatable bonds is 6. The van der Waals surface area contributed by atoms with Crippen molar-refractivity contribution in [1.29, 1.82) is 0 Å². The van der Waals surface area contributed by atoms with Gasteiger partial charge in [-0.2, -0.15) is 16.3 Å². The standard InChI is InChI=1S/C13H13N5OS2/c1-3-5-18-9(2)15-16-13(18)21-8-11-14-12(17-19-11)10-4-6-20-7-10/h3-4,6-7H,1,5,8H2,2H3. The van der Waals surface area contributed by atoms with E-state index in [9.17, 15) is 0 Å². The molecular weight excluding hydrogens is 306 g/mol. The van der Waals surface area contributed by atoms with Crippen molar-refractivity contribution in [1.82, 2.24) is 24.9 Å². The summed E-state index contributed by atoms with van der Waals surface area (Å²) in [6.45, 7) is 6.35. The smallest absolute Gasteiger partial charge is 0.237 e. The lowest BCUT2D eigenvalue weighted by Crippen LogP contribution is -2.00. The van der Waals surface area contributed by atoms with Gasteiger partial charge in [0, 0.05) is 17.5 Å². The zero-order chi connectivity index (χ0) is 14.7. The number of nitrogens with zero attached hydrogens (tertiary/aromatic N) is 5. The van der Waals surface area contributed by atoms with Crippen LogP contribution in [-0.2, 0) is 12.3 Å². The van der Waals surface area contributed by atoms with Crippen molar-refractivity contribution in [2.45, 2.75) is 24.4 Å². The van der Waals surface area contributed by atoms with Crippen molar-refractivity contribution >= 4 is 23.1 Å².